The zero-order valence-electron chi connectivity index (χ0n) is 28.3. The minimum Gasteiger partial charge on any atom is -0.495 e. The Balaban J connectivity index is 1.95. The van der Waals surface area contributed by atoms with Gasteiger partial charge in [-0.25, -0.2) is 4.79 Å². The number of benzene rings is 2. The Morgan fingerprint density at radius 3 is 2.42 bits per heavy atom. The van der Waals surface area contributed by atoms with Gasteiger partial charge in [0.2, 0.25) is 17.7 Å². The van der Waals surface area contributed by atoms with E-state index in [1.54, 1.807) is 45.9 Å². The lowest BCUT2D eigenvalue weighted by Gasteiger charge is -2.30. The Kier molecular flexibility index (Phi) is 14.5. The third kappa shape index (κ3) is 10.8. The first kappa shape index (κ1) is 38.6. The summed E-state index contributed by atoms with van der Waals surface area (Å²) in [6.45, 7) is 6.73. The number of halogens is 1. The number of ether oxygens (including phenoxy) is 2. The van der Waals surface area contributed by atoms with E-state index in [9.17, 15) is 24.0 Å². The minimum absolute atomic E-state index is 0.0488. The van der Waals surface area contributed by atoms with Gasteiger partial charge in [0.25, 0.3) is 0 Å². The van der Waals surface area contributed by atoms with Gasteiger partial charge in [-0.3, -0.25) is 19.2 Å². The molecular formula is C36H46ClN3O7S. The lowest BCUT2D eigenvalue weighted by Crippen LogP contribution is -2.54. The number of carbonyl (C=O) groups is 5. The molecule has 2 aromatic carbocycles. The van der Waals surface area contributed by atoms with E-state index in [-0.39, 0.29) is 25.2 Å². The number of amides is 3. The normalized spacial score (nSPS) is 22.7. The number of hydrogen-bond donors (Lipinski definition) is 3. The molecule has 0 radical (unpaired) electrons. The van der Waals surface area contributed by atoms with Crippen LogP contribution < -0.4 is 20.7 Å². The van der Waals surface area contributed by atoms with E-state index in [4.69, 9.17) is 21.1 Å². The number of thioether (sulfide) groups is 1. The standard InChI is InChI=1S/C36H46ClN3O7S/c1-22(25-11-8-7-9-12-25)32(42)23(2)29-13-10-14-31(41)39-28(20-24-15-16-30(46-5)26(37)19-24)33(43)38-21-36(3,4)35(45)40-27(17-18-48-6)34(44)47-29/h7-12,14-16,19,22-23,27-29H,13,17-18,20-21H2,1-6H3,(H,38,43)(H,39,41)(H,40,45)/b14-10+/t22-,23+,27+,28-,29+/m1/s1. The fourth-order valence-corrected chi connectivity index (χ4v) is 5.98. The van der Waals surface area contributed by atoms with Crippen LogP contribution in [0.2, 0.25) is 5.02 Å². The van der Waals surface area contributed by atoms with Crippen LogP contribution in [0.15, 0.2) is 60.7 Å². The summed E-state index contributed by atoms with van der Waals surface area (Å²) in [4.78, 5) is 67.4. The fraction of sp³-hybridized carbons (Fsp3) is 0.472. The molecule has 0 spiro atoms. The summed E-state index contributed by atoms with van der Waals surface area (Å²) in [7, 11) is 1.50. The summed E-state index contributed by atoms with van der Waals surface area (Å²) in [6.07, 6.45) is 4.22. The molecule has 0 saturated carbocycles. The van der Waals surface area contributed by atoms with Gasteiger partial charge in [-0.1, -0.05) is 67.9 Å². The van der Waals surface area contributed by atoms with Crippen LogP contribution in [0.1, 0.15) is 57.6 Å². The maximum atomic E-state index is 13.7. The SMILES string of the molecule is COc1ccc(C[C@H]2NC(=O)/C=C/C[C@@H]([C@H](C)C(=O)[C@H](C)c3ccccc3)OC(=O)[C@H](CCSC)NC(=O)C(C)(C)CNC2=O)cc1Cl. The number of esters is 1. The number of Topliss-reactive ketones (excluding diaryl/α,β-unsaturated/α-hetero) is 1. The van der Waals surface area contributed by atoms with Crippen molar-refractivity contribution in [3.63, 3.8) is 0 Å². The van der Waals surface area contributed by atoms with E-state index < -0.39 is 59.1 Å². The second-order valence-electron chi connectivity index (χ2n) is 12.6. The van der Waals surface area contributed by atoms with Crippen LogP contribution in [0.3, 0.4) is 0 Å². The number of rotatable bonds is 10. The highest BCUT2D eigenvalue weighted by atomic mass is 35.5. The predicted molar refractivity (Wildman–Crippen MR) is 188 cm³/mol. The Morgan fingerprint density at radius 2 is 1.77 bits per heavy atom. The molecule has 48 heavy (non-hydrogen) atoms. The third-order valence-electron chi connectivity index (χ3n) is 8.45. The van der Waals surface area contributed by atoms with Gasteiger partial charge in [-0.05, 0) is 61.6 Å². The van der Waals surface area contributed by atoms with Gasteiger partial charge in [-0.15, -0.1) is 0 Å². The van der Waals surface area contributed by atoms with Crippen molar-refractivity contribution in [3.05, 3.63) is 76.8 Å². The van der Waals surface area contributed by atoms with Crippen molar-refractivity contribution < 1.29 is 33.4 Å². The van der Waals surface area contributed by atoms with Crippen LogP contribution in [0.25, 0.3) is 0 Å². The molecule has 3 rings (SSSR count). The molecule has 1 aliphatic rings. The monoisotopic (exact) mass is 699 g/mol. The van der Waals surface area contributed by atoms with E-state index in [0.717, 1.165) is 5.56 Å². The van der Waals surface area contributed by atoms with E-state index in [1.165, 1.54) is 31.0 Å². The van der Waals surface area contributed by atoms with E-state index in [0.29, 0.717) is 28.5 Å². The Hall–Kier alpha value is -3.83. The smallest absolute Gasteiger partial charge is 0.328 e. The van der Waals surface area contributed by atoms with Gasteiger partial charge >= 0.3 is 5.97 Å². The maximum Gasteiger partial charge on any atom is 0.328 e. The number of ketones is 1. The molecule has 0 aliphatic carbocycles. The average molecular weight is 700 g/mol. The van der Waals surface area contributed by atoms with Gasteiger partial charge in [-0.2, -0.15) is 11.8 Å². The van der Waals surface area contributed by atoms with Crippen molar-refractivity contribution >= 4 is 52.8 Å². The van der Waals surface area contributed by atoms with Crippen molar-refractivity contribution in [2.24, 2.45) is 11.3 Å². The van der Waals surface area contributed by atoms with Crippen LogP contribution in [0.4, 0.5) is 0 Å². The lowest BCUT2D eigenvalue weighted by atomic mass is 9.85. The molecule has 10 nitrogen and oxygen atoms in total. The molecule has 0 aromatic heterocycles. The largest absolute Gasteiger partial charge is 0.495 e. The number of cyclic esters (lactones) is 1. The Labute approximate surface area is 292 Å². The van der Waals surface area contributed by atoms with E-state index in [2.05, 4.69) is 16.0 Å². The first-order valence-electron chi connectivity index (χ1n) is 15.9. The lowest BCUT2D eigenvalue weighted by molar-refractivity contribution is -0.157. The number of nitrogens with one attached hydrogen (secondary N) is 3. The fourth-order valence-electron chi connectivity index (χ4n) is 5.23. The first-order valence-corrected chi connectivity index (χ1v) is 17.7. The van der Waals surface area contributed by atoms with Crippen LogP contribution in [0.5, 0.6) is 5.75 Å². The first-order chi connectivity index (χ1) is 22.8. The molecule has 0 saturated heterocycles. The molecule has 260 valence electrons. The van der Waals surface area contributed by atoms with Crippen molar-refractivity contribution in [2.45, 2.75) is 71.1 Å². The molecule has 0 fully saturated rings. The third-order valence-corrected chi connectivity index (χ3v) is 9.39. The average Bonchev–Trinajstić information content (AvgIpc) is 3.07. The highest BCUT2D eigenvalue weighted by Crippen LogP contribution is 2.27. The quantitative estimate of drug-likeness (QED) is 0.305. The molecule has 5 atom stereocenters. The highest BCUT2D eigenvalue weighted by Gasteiger charge is 2.36. The molecule has 1 heterocycles. The van der Waals surface area contributed by atoms with Crippen LogP contribution in [-0.4, -0.2) is 73.3 Å². The molecule has 0 unspecified atom stereocenters. The van der Waals surface area contributed by atoms with Crippen molar-refractivity contribution in [1.29, 1.82) is 0 Å². The van der Waals surface area contributed by atoms with Gasteiger partial charge in [0.05, 0.1) is 23.5 Å². The molecule has 0 bridgehead atoms. The van der Waals surface area contributed by atoms with Crippen LogP contribution >= 0.6 is 23.4 Å². The van der Waals surface area contributed by atoms with Crippen molar-refractivity contribution in [3.8, 4) is 5.75 Å². The highest BCUT2D eigenvalue weighted by molar-refractivity contribution is 7.98. The topological polar surface area (TPSA) is 140 Å². The number of hydrogen-bond acceptors (Lipinski definition) is 8. The van der Waals surface area contributed by atoms with Gasteiger partial charge < -0.3 is 25.4 Å². The van der Waals surface area contributed by atoms with E-state index in [1.807, 2.05) is 36.6 Å². The van der Waals surface area contributed by atoms with Crippen molar-refractivity contribution in [2.75, 3.05) is 25.7 Å². The van der Waals surface area contributed by atoms with Crippen molar-refractivity contribution in [1.82, 2.24) is 16.0 Å². The summed E-state index contributed by atoms with van der Waals surface area (Å²) in [5.41, 5.74) is 0.384. The number of methoxy groups -OCH3 is 1. The Morgan fingerprint density at radius 1 is 1.06 bits per heavy atom. The maximum absolute atomic E-state index is 13.7. The summed E-state index contributed by atoms with van der Waals surface area (Å²) in [5.74, 6) is -2.48. The second kappa shape index (κ2) is 18.1. The van der Waals surface area contributed by atoms with Crippen LogP contribution in [-0.2, 0) is 35.1 Å². The molecule has 12 heteroatoms. The van der Waals surface area contributed by atoms with E-state index >= 15 is 0 Å². The summed E-state index contributed by atoms with van der Waals surface area (Å²) >= 11 is 7.83. The molecule has 3 amide bonds. The molecular weight excluding hydrogens is 654 g/mol. The minimum atomic E-state index is -1.13. The van der Waals surface area contributed by atoms with Crippen LogP contribution in [0, 0.1) is 11.3 Å². The summed E-state index contributed by atoms with van der Waals surface area (Å²) < 4.78 is 11.2. The molecule has 2 aromatic rings. The molecule has 1 aliphatic heterocycles. The molecule has 3 N–H and O–H groups in total. The second-order valence-corrected chi connectivity index (χ2v) is 14.0. The Bertz CT molecular complexity index is 1480. The zero-order chi connectivity index (χ0) is 35.4. The summed E-state index contributed by atoms with van der Waals surface area (Å²) in [5, 5.41) is 8.71. The number of carbonyl (C=O) groups excluding carboxylic acids is 5. The van der Waals surface area contributed by atoms with Gasteiger partial charge in [0, 0.05) is 25.3 Å². The zero-order valence-corrected chi connectivity index (χ0v) is 29.9. The van der Waals surface area contributed by atoms with Gasteiger partial charge in [0.15, 0.2) is 0 Å². The van der Waals surface area contributed by atoms with Gasteiger partial charge in [0.1, 0.15) is 29.7 Å². The predicted octanol–water partition coefficient (Wildman–Crippen LogP) is 4.64. The summed E-state index contributed by atoms with van der Waals surface area (Å²) in [6, 6.07) is 12.4.